The van der Waals surface area contributed by atoms with Crippen LogP contribution >= 0.6 is 0 Å². The molecule has 0 N–H and O–H groups in total. The van der Waals surface area contributed by atoms with Gasteiger partial charge in [0, 0.05) is 12.5 Å². The van der Waals surface area contributed by atoms with Crippen LogP contribution in [0.25, 0.3) is 11.1 Å². The number of rotatable bonds is 7. The zero-order valence-electron chi connectivity index (χ0n) is 22.9. The lowest BCUT2D eigenvalue weighted by Gasteiger charge is -2.35. The molecule has 4 aromatic rings. The van der Waals surface area contributed by atoms with Gasteiger partial charge in [0.15, 0.2) is 0 Å². The molecule has 2 heteroatoms. The Morgan fingerprint density at radius 1 is 0.658 bits per heavy atom. The first kappa shape index (κ1) is 26.4. The minimum Gasteiger partial charge on any atom is -0.368 e. The highest BCUT2D eigenvalue weighted by atomic mass is 16.5. The van der Waals surface area contributed by atoms with E-state index in [1.54, 1.807) is 0 Å². The fourth-order valence-electron chi connectivity index (χ4n) is 5.89. The second-order valence-corrected chi connectivity index (χ2v) is 10.7. The summed E-state index contributed by atoms with van der Waals surface area (Å²) in [6, 6.07) is 39.4. The van der Waals surface area contributed by atoms with Gasteiger partial charge in [0.2, 0.25) is 0 Å². The lowest BCUT2D eigenvalue weighted by Crippen LogP contribution is -2.38. The van der Waals surface area contributed by atoms with Gasteiger partial charge in [0.25, 0.3) is 0 Å². The lowest BCUT2D eigenvalue weighted by molar-refractivity contribution is 0.0326. The summed E-state index contributed by atoms with van der Waals surface area (Å²) < 4.78 is 6.63. The molecule has 38 heavy (non-hydrogen) atoms. The Morgan fingerprint density at radius 3 is 1.61 bits per heavy atom. The Balaban J connectivity index is 0.000000937. The number of fused-ring (bicyclic) bond motifs is 3. The third kappa shape index (κ3) is 6.09. The molecule has 2 nitrogen and oxygen atoms in total. The van der Waals surface area contributed by atoms with Crippen molar-refractivity contribution >= 4 is 0 Å². The highest BCUT2D eigenvalue weighted by Crippen LogP contribution is 2.45. The summed E-state index contributed by atoms with van der Waals surface area (Å²) in [5.41, 5.74) is 8.11. The standard InChI is InChI=1S/C33H33NO.C3H8/c1-3-11-26(12-4-1)32(27-13-5-2-6-14-27)23-34-21-19-25(20-22-34)24-35-33-30-17-9-7-15-28(30)29-16-8-10-18-31(29)33;1-3-2/h1-18,25,32-33H,19-24H2;3H2,1-2H3. The van der Waals surface area contributed by atoms with Crippen LogP contribution in [0.1, 0.15) is 67.4 Å². The van der Waals surface area contributed by atoms with Crippen LogP contribution in [-0.2, 0) is 4.74 Å². The van der Waals surface area contributed by atoms with E-state index in [9.17, 15) is 0 Å². The van der Waals surface area contributed by atoms with Crippen molar-refractivity contribution in [1.29, 1.82) is 0 Å². The molecule has 4 aromatic carbocycles. The van der Waals surface area contributed by atoms with Crippen LogP contribution in [0.2, 0.25) is 0 Å². The molecule has 0 unspecified atom stereocenters. The molecule has 2 aliphatic rings. The maximum Gasteiger partial charge on any atom is 0.109 e. The van der Waals surface area contributed by atoms with Gasteiger partial charge >= 0.3 is 0 Å². The highest BCUT2D eigenvalue weighted by Gasteiger charge is 2.30. The first-order chi connectivity index (χ1) is 18.8. The molecule has 0 bridgehead atoms. The highest BCUT2D eigenvalue weighted by molar-refractivity contribution is 5.78. The van der Waals surface area contributed by atoms with Crippen LogP contribution in [-0.4, -0.2) is 31.1 Å². The van der Waals surface area contributed by atoms with E-state index < -0.39 is 0 Å². The summed E-state index contributed by atoms with van der Waals surface area (Å²) in [4.78, 5) is 2.65. The number of ether oxygens (including phenoxy) is 1. The van der Waals surface area contributed by atoms with Crippen molar-refractivity contribution in [2.24, 2.45) is 5.92 Å². The van der Waals surface area contributed by atoms with Crippen molar-refractivity contribution < 1.29 is 4.74 Å². The average Bonchev–Trinajstić information content (AvgIpc) is 3.30. The Kier molecular flexibility index (Phi) is 9.06. The summed E-state index contributed by atoms with van der Waals surface area (Å²) in [5.74, 6) is 1.04. The minimum absolute atomic E-state index is 0.0703. The molecular weight excluding hydrogens is 462 g/mol. The van der Waals surface area contributed by atoms with Crippen molar-refractivity contribution in [3.8, 4) is 11.1 Å². The summed E-state index contributed by atoms with van der Waals surface area (Å²) in [5, 5.41) is 0. The summed E-state index contributed by atoms with van der Waals surface area (Å²) in [6.07, 6.45) is 3.72. The molecule has 1 heterocycles. The molecule has 196 valence electrons. The van der Waals surface area contributed by atoms with E-state index >= 15 is 0 Å². The Labute approximate surface area is 229 Å². The van der Waals surface area contributed by atoms with E-state index in [1.807, 2.05) is 0 Å². The van der Waals surface area contributed by atoms with Gasteiger partial charge in [0.1, 0.15) is 6.10 Å². The van der Waals surface area contributed by atoms with Crippen LogP contribution in [0, 0.1) is 5.92 Å². The molecule has 0 saturated carbocycles. The number of piperidine rings is 1. The largest absolute Gasteiger partial charge is 0.368 e. The van der Waals surface area contributed by atoms with Gasteiger partial charge in [-0.2, -0.15) is 0 Å². The zero-order valence-corrected chi connectivity index (χ0v) is 22.9. The monoisotopic (exact) mass is 503 g/mol. The second-order valence-electron chi connectivity index (χ2n) is 10.7. The van der Waals surface area contributed by atoms with Crippen molar-refractivity contribution in [2.45, 2.75) is 45.1 Å². The third-order valence-electron chi connectivity index (χ3n) is 7.83. The number of hydrogen-bond donors (Lipinski definition) is 0. The van der Waals surface area contributed by atoms with Crippen LogP contribution in [0.5, 0.6) is 0 Å². The van der Waals surface area contributed by atoms with E-state index in [-0.39, 0.29) is 6.10 Å². The molecule has 1 fully saturated rings. The minimum atomic E-state index is 0.0703. The SMILES string of the molecule is CCC.c1ccc(C(CN2CCC(COC3c4ccccc4-c4ccccc43)CC2)c2ccccc2)cc1. The normalized spacial score (nSPS) is 15.6. The summed E-state index contributed by atoms with van der Waals surface area (Å²) >= 11 is 0. The number of likely N-dealkylation sites (tertiary alicyclic amines) is 1. The van der Waals surface area contributed by atoms with E-state index in [2.05, 4.69) is 128 Å². The van der Waals surface area contributed by atoms with Crippen LogP contribution in [0.4, 0.5) is 0 Å². The van der Waals surface area contributed by atoms with E-state index in [4.69, 9.17) is 4.74 Å². The van der Waals surface area contributed by atoms with Crippen molar-refractivity contribution in [3.05, 3.63) is 131 Å². The summed E-state index contributed by atoms with van der Waals surface area (Å²) in [7, 11) is 0. The van der Waals surface area contributed by atoms with Gasteiger partial charge in [-0.05, 0) is 65.2 Å². The molecule has 0 spiro atoms. The Bertz CT molecular complexity index is 1180. The molecule has 1 saturated heterocycles. The number of nitrogens with zero attached hydrogens (tertiary/aromatic N) is 1. The van der Waals surface area contributed by atoms with Gasteiger partial charge in [-0.15, -0.1) is 0 Å². The fourth-order valence-corrected chi connectivity index (χ4v) is 5.89. The van der Waals surface area contributed by atoms with Crippen LogP contribution < -0.4 is 0 Å². The van der Waals surface area contributed by atoms with Gasteiger partial charge in [0.05, 0.1) is 6.61 Å². The third-order valence-corrected chi connectivity index (χ3v) is 7.83. The molecule has 0 amide bonds. The smallest absolute Gasteiger partial charge is 0.109 e. The first-order valence-electron chi connectivity index (χ1n) is 14.4. The van der Waals surface area contributed by atoms with Gasteiger partial charge in [-0.1, -0.05) is 129 Å². The molecular formula is C36H41NO. The molecule has 0 radical (unpaired) electrons. The predicted octanol–water partition coefficient (Wildman–Crippen LogP) is 8.73. The van der Waals surface area contributed by atoms with E-state index in [0.717, 1.165) is 26.2 Å². The average molecular weight is 504 g/mol. The second kappa shape index (κ2) is 13.0. The fraction of sp³-hybridized carbons (Fsp3) is 0.333. The van der Waals surface area contributed by atoms with Crippen LogP contribution in [0.15, 0.2) is 109 Å². The van der Waals surface area contributed by atoms with Gasteiger partial charge < -0.3 is 9.64 Å². The predicted molar refractivity (Wildman–Crippen MR) is 160 cm³/mol. The van der Waals surface area contributed by atoms with E-state index in [1.165, 1.54) is 52.6 Å². The number of hydrogen-bond acceptors (Lipinski definition) is 2. The maximum absolute atomic E-state index is 6.63. The van der Waals surface area contributed by atoms with Gasteiger partial charge in [-0.25, -0.2) is 0 Å². The number of benzene rings is 4. The summed E-state index contributed by atoms with van der Waals surface area (Å²) in [6.45, 7) is 8.44. The molecule has 6 rings (SSSR count). The van der Waals surface area contributed by atoms with Crippen molar-refractivity contribution in [3.63, 3.8) is 0 Å². The topological polar surface area (TPSA) is 12.5 Å². The quantitative estimate of drug-likeness (QED) is 0.250. The van der Waals surface area contributed by atoms with E-state index in [0.29, 0.717) is 11.8 Å². The molecule has 0 aromatic heterocycles. The molecule has 1 aliphatic heterocycles. The maximum atomic E-state index is 6.63. The van der Waals surface area contributed by atoms with Crippen molar-refractivity contribution in [2.75, 3.05) is 26.2 Å². The first-order valence-corrected chi connectivity index (χ1v) is 14.4. The molecule has 1 aliphatic carbocycles. The van der Waals surface area contributed by atoms with Crippen molar-refractivity contribution in [1.82, 2.24) is 4.90 Å². The Morgan fingerprint density at radius 2 is 1.11 bits per heavy atom. The van der Waals surface area contributed by atoms with Crippen LogP contribution in [0.3, 0.4) is 0 Å². The zero-order chi connectivity index (χ0) is 26.2. The Hall–Kier alpha value is -3.20. The lowest BCUT2D eigenvalue weighted by atomic mass is 9.89. The molecule has 0 atom stereocenters. The van der Waals surface area contributed by atoms with Gasteiger partial charge in [-0.3, -0.25) is 0 Å².